The second-order valence-corrected chi connectivity index (χ2v) is 6.49. The van der Waals surface area contributed by atoms with E-state index in [0.717, 1.165) is 11.6 Å². The highest BCUT2D eigenvalue weighted by atomic mass is 19.4. The zero-order valence-corrected chi connectivity index (χ0v) is 14.8. The number of aryl methyl sites for hydroxylation is 1. The van der Waals surface area contributed by atoms with Crippen molar-refractivity contribution >= 4 is 11.8 Å². The van der Waals surface area contributed by atoms with Gasteiger partial charge in [0, 0.05) is 31.7 Å². The molecule has 4 nitrogen and oxygen atoms in total. The van der Waals surface area contributed by atoms with Crippen molar-refractivity contribution in [1.29, 1.82) is 0 Å². The number of carbonyl (C=O) groups is 2. The van der Waals surface area contributed by atoms with Crippen LogP contribution < -0.4 is 0 Å². The molecular weight excluding hydrogens is 357 g/mol. The molecule has 2 aromatic carbocycles. The molecule has 1 aliphatic heterocycles. The lowest BCUT2D eigenvalue weighted by Gasteiger charge is -2.35. The van der Waals surface area contributed by atoms with E-state index < -0.39 is 17.6 Å². The molecule has 27 heavy (non-hydrogen) atoms. The van der Waals surface area contributed by atoms with Gasteiger partial charge in [0.25, 0.3) is 11.8 Å². The van der Waals surface area contributed by atoms with Crippen molar-refractivity contribution in [3.8, 4) is 0 Å². The maximum absolute atomic E-state index is 13.1. The molecule has 1 heterocycles. The minimum absolute atomic E-state index is 0.141. The van der Waals surface area contributed by atoms with Crippen LogP contribution >= 0.6 is 0 Å². The third-order valence-electron chi connectivity index (χ3n) is 4.62. The molecule has 3 rings (SSSR count). The number of alkyl halides is 3. The van der Waals surface area contributed by atoms with Crippen LogP contribution in [-0.2, 0) is 6.18 Å². The van der Waals surface area contributed by atoms with Gasteiger partial charge in [0.2, 0.25) is 0 Å². The first-order chi connectivity index (χ1) is 12.8. The SMILES string of the molecule is Cc1ccc(C(=O)N2CCN(C(=O)c3ccccc3C(F)(F)F)CC2)cc1. The van der Waals surface area contributed by atoms with E-state index in [1.54, 1.807) is 17.0 Å². The lowest BCUT2D eigenvalue weighted by Crippen LogP contribution is -2.50. The molecule has 1 aliphatic rings. The van der Waals surface area contributed by atoms with Crippen molar-refractivity contribution < 1.29 is 22.8 Å². The Balaban J connectivity index is 1.68. The Morgan fingerprint density at radius 3 is 1.89 bits per heavy atom. The molecule has 7 heteroatoms. The summed E-state index contributed by atoms with van der Waals surface area (Å²) in [7, 11) is 0. The minimum atomic E-state index is -4.59. The third kappa shape index (κ3) is 4.13. The van der Waals surface area contributed by atoms with Gasteiger partial charge in [0.1, 0.15) is 0 Å². The summed E-state index contributed by atoms with van der Waals surface area (Å²) in [5.74, 6) is -0.803. The fourth-order valence-electron chi connectivity index (χ4n) is 3.08. The number of piperazine rings is 1. The van der Waals surface area contributed by atoms with Gasteiger partial charge < -0.3 is 9.80 Å². The number of hydrogen-bond donors (Lipinski definition) is 0. The molecule has 0 unspecified atom stereocenters. The van der Waals surface area contributed by atoms with Crippen molar-refractivity contribution in [1.82, 2.24) is 9.80 Å². The van der Waals surface area contributed by atoms with Gasteiger partial charge >= 0.3 is 6.18 Å². The number of halogens is 3. The number of benzene rings is 2. The second kappa shape index (κ2) is 7.42. The highest BCUT2D eigenvalue weighted by molar-refractivity contribution is 5.97. The molecular formula is C20H19F3N2O2. The van der Waals surface area contributed by atoms with Gasteiger partial charge in [-0.15, -0.1) is 0 Å². The zero-order chi connectivity index (χ0) is 19.6. The van der Waals surface area contributed by atoms with Crippen LogP contribution in [-0.4, -0.2) is 47.8 Å². The van der Waals surface area contributed by atoms with Crippen LogP contribution in [0.2, 0.25) is 0 Å². The van der Waals surface area contributed by atoms with E-state index in [4.69, 9.17) is 0 Å². The first-order valence-corrected chi connectivity index (χ1v) is 8.59. The smallest absolute Gasteiger partial charge is 0.335 e. The Labute approximate surface area is 155 Å². The van der Waals surface area contributed by atoms with Crippen molar-refractivity contribution in [2.24, 2.45) is 0 Å². The van der Waals surface area contributed by atoms with Crippen LogP contribution in [0.25, 0.3) is 0 Å². The maximum Gasteiger partial charge on any atom is 0.417 e. The van der Waals surface area contributed by atoms with Gasteiger partial charge in [0.05, 0.1) is 11.1 Å². The summed E-state index contributed by atoms with van der Waals surface area (Å²) in [6.45, 7) is 2.89. The van der Waals surface area contributed by atoms with E-state index in [2.05, 4.69) is 0 Å². The standard InChI is InChI=1S/C20H19F3N2O2/c1-14-6-8-15(9-7-14)18(26)24-10-12-25(13-11-24)19(27)16-4-2-3-5-17(16)20(21,22)23/h2-9H,10-13H2,1H3. The van der Waals surface area contributed by atoms with Crippen LogP contribution in [0.15, 0.2) is 48.5 Å². The van der Waals surface area contributed by atoms with Gasteiger partial charge in [-0.3, -0.25) is 9.59 Å². The maximum atomic E-state index is 13.1. The lowest BCUT2D eigenvalue weighted by atomic mass is 10.1. The quantitative estimate of drug-likeness (QED) is 0.803. The lowest BCUT2D eigenvalue weighted by molar-refractivity contribution is -0.138. The van der Waals surface area contributed by atoms with Gasteiger partial charge in [-0.1, -0.05) is 29.8 Å². The Bertz CT molecular complexity index is 839. The Morgan fingerprint density at radius 1 is 0.815 bits per heavy atom. The number of amides is 2. The fourth-order valence-corrected chi connectivity index (χ4v) is 3.08. The molecule has 0 atom stereocenters. The Hall–Kier alpha value is -2.83. The van der Waals surface area contributed by atoms with Crippen LogP contribution in [0.1, 0.15) is 31.8 Å². The topological polar surface area (TPSA) is 40.6 Å². The highest BCUT2D eigenvalue weighted by Gasteiger charge is 2.36. The van der Waals surface area contributed by atoms with Crippen LogP contribution in [0, 0.1) is 6.92 Å². The molecule has 1 saturated heterocycles. The van der Waals surface area contributed by atoms with E-state index in [-0.39, 0.29) is 37.6 Å². The summed E-state index contributed by atoms with van der Waals surface area (Å²) in [5, 5.41) is 0. The molecule has 1 fully saturated rings. The predicted molar refractivity (Wildman–Crippen MR) is 94.4 cm³/mol. The van der Waals surface area contributed by atoms with Crippen molar-refractivity contribution in [2.45, 2.75) is 13.1 Å². The Kier molecular flexibility index (Phi) is 5.21. The molecule has 0 aromatic heterocycles. The fraction of sp³-hybridized carbons (Fsp3) is 0.300. The molecule has 142 valence electrons. The minimum Gasteiger partial charge on any atom is -0.335 e. The van der Waals surface area contributed by atoms with Crippen molar-refractivity contribution in [3.05, 3.63) is 70.8 Å². The van der Waals surface area contributed by atoms with Gasteiger partial charge in [-0.05, 0) is 31.2 Å². The van der Waals surface area contributed by atoms with Crippen LogP contribution in [0.4, 0.5) is 13.2 Å². The summed E-state index contributed by atoms with van der Waals surface area (Å²) >= 11 is 0. The summed E-state index contributed by atoms with van der Waals surface area (Å²) in [6.07, 6.45) is -4.59. The van der Waals surface area contributed by atoms with E-state index in [1.165, 1.54) is 23.1 Å². The predicted octanol–water partition coefficient (Wildman–Crippen LogP) is 3.61. The number of carbonyl (C=O) groups excluding carboxylic acids is 2. The average molecular weight is 376 g/mol. The molecule has 2 amide bonds. The summed E-state index contributed by atoms with van der Waals surface area (Å²) < 4.78 is 39.4. The molecule has 0 N–H and O–H groups in total. The van der Waals surface area contributed by atoms with E-state index in [1.807, 2.05) is 19.1 Å². The van der Waals surface area contributed by atoms with Crippen LogP contribution in [0.3, 0.4) is 0 Å². The largest absolute Gasteiger partial charge is 0.417 e. The number of nitrogens with zero attached hydrogens (tertiary/aromatic N) is 2. The number of rotatable bonds is 2. The molecule has 0 radical (unpaired) electrons. The average Bonchev–Trinajstić information content (AvgIpc) is 2.67. The molecule has 0 spiro atoms. The molecule has 0 aliphatic carbocycles. The summed E-state index contributed by atoms with van der Waals surface area (Å²) in [5.41, 5.74) is 0.310. The van der Waals surface area contributed by atoms with Crippen molar-refractivity contribution in [3.63, 3.8) is 0 Å². The van der Waals surface area contributed by atoms with E-state index in [9.17, 15) is 22.8 Å². The highest BCUT2D eigenvalue weighted by Crippen LogP contribution is 2.32. The van der Waals surface area contributed by atoms with Crippen LogP contribution in [0.5, 0.6) is 0 Å². The second-order valence-electron chi connectivity index (χ2n) is 6.49. The van der Waals surface area contributed by atoms with Gasteiger partial charge in [-0.2, -0.15) is 13.2 Å². The monoisotopic (exact) mass is 376 g/mol. The molecule has 0 bridgehead atoms. The Morgan fingerprint density at radius 2 is 1.33 bits per heavy atom. The first kappa shape index (κ1) is 18.9. The van der Waals surface area contributed by atoms with E-state index in [0.29, 0.717) is 5.56 Å². The molecule has 0 saturated carbocycles. The third-order valence-corrected chi connectivity index (χ3v) is 4.62. The molecule has 2 aromatic rings. The number of hydrogen-bond acceptors (Lipinski definition) is 2. The summed E-state index contributed by atoms with van der Waals surface area (Å²) in [4.78, 5) is 28.1. The van der Waals surface area contributed by atoms with Crippen molar-refractivity contribution in [2.75, 3.05) is 26.2 Å². The van der Waals surface area contributed by atoms with Gasteiger partial charge in [-0.25, -0.2) is 0 Å². The normalized spacial score (nSPS) is 15.0. The first-order valence-electron chi connectivity index (χ1n) is 8.59. The zero-order valence-electron chi connectivity index (χ0n) is 14.8. The van der Waals surface area contributed by atoms with E-state index >= 15 is 0 Å². The van der Waals surface area contributed by atoms with Gasteiger partial charge in [0.15, 0.2) is 0 Å². The summed E-state index contributed by atoms with van der Waals surface area (Å²) in [6, 6.07) is 12.0.